The van der Waals surface area contributed by atoms with E-state index in [1.807, 2.05) is 0 Å². The standard InChI is InChI=1S/C20H20F2N4O2/c1-26-11-13(10-23-26)12-8-15(22)20(17(27)9-12)16-6-7-19(25-24-16)28-18-5-3-2-4-14(18)21/h6-11,14,18,27H,2-5H2,1H3/t14-,18+/m1/s1. The summed E-state index contributed by atoms with van der Waals surface area (Å²) in [6, 6.07) is 5.78. The first-order chi connectivity index (χ1) is 13.5. The second-order valence-corrected chi connectivity index (χ2v) is 6.97. The van der Waals surface area contributed by atoms with Crippen LogP contribution in [-0.4, -0.2) is 37.4 Å². The second-order valence-electron chi connectivity index (χ2n) is 6.97. The van der Waals surface area contributed by atoms with Crippen LogP contribution in [0, 0.1) is 5.82 Å². The van der Waals surface area contributed by atoms with Gasteiger partial charge in [-0.25, -0.2) is 8.78 Å². The number of benzene rings is 1. The Morgan fingerprint density at radius 3 is 2.61 bits per heavy atom. The van der Waals surface area contributed by atoms with Crippen molar-refractivity contribution in [2.45, 2.75) is 38.0 Å². The average molecular weight is 386 g/mol. The molecule has 8 heteroatoms. The number of rotatable bonds is 4. The lowest BCUT2D eigenvalue weighted by molar-refractivity contribution is 0.0594. The average Bonchev–Trinajstić information content (AvgIpc) is 3.11. The predicted molar refractivity (Wildman–Crippen MR) is 99.1 cm³/mol. The van der Waals surface area contributed by atoms with Gasteiger partial charge in [0.25, 0.3) is 0 Å². The summed E-state index contributed by atoms with van der Waals surface area (Å²) < 4.78 is 35.8. The number of aryl methyl sites for hydroxylation is 1. The summed E-state index contributed by atoms with van der Waals surface area (Å²) in [5.74, 6) is -0.693. The van der Waals surface area contributed by atoms with Gasteiger partial charge in [-0.1, -0.05) is 6.42 Å². The Bertz CT molecular complexity index is 952. The quantitative estimate of drug-likeness (QED) is 0.732. The third-order valence-corrected chi connectivity index (χ3v) is 4.90. The number of phenols is 1. The molecule has 4 rings (SSSR count). The number of ether oxygens (including phenoxy) is 1. The molecule has 146 valence electrons. The van der Waals surface area contributed by atoms with Gasteiger partial charge in [0.2, 0.25) is 5.88 Å². The zero-order chi connectivity index (χ0) is 19.7. The Morgan fingerprint density at radius 2 is 1.96 bits per heavy atom. The molecule has 0 radical (unpaired) electrons. The summed E-state index contributed by atoms with van der Waals surface area (Å²) >= 11 is 0. The molecular formula is C20H20F2N4O2. The summed E-state index contributed by atoms with van der Waals surface area (Å²) in [5.41, 5.74) is 1.31. The minimum Gasteiger partial charge on any atom is -0.507 e. The first-order valence-electron chi connectivity index (χ1n) is 9.17. The molecule has 28 heavy (non-hydrogen) atoms. The highest BCUT2D eigenvalue weighted by atomic mass is 19.1. The van der Waals surface area contributed by atoms with Crippen molar-refractivity contribution in [2.75, 3.05) is 0 Å². The highest BCUT2D eigenvalue weighted by Gasteiger charge is 2.27. The predicted octanol–water partition coefficient (Wildman–Crippen LogP) is 4.05. The van der Waals surface area contributed by atoms with E-state index in [1.165, 1.54) is 24.3 Å². The minimum absolute atomic E-state index is 0.0484. The Kier molecular flexibility index (Phi) is 4.93. The van der Waals surface area contributed by atoms with E-state index in [-0.39, 0.29) is 22.9 Å². The first-order valence-corrected chi connectivity index (χ1v) is 9.17. The van der Waals surface area contributed by atoms with Crippen molar-refractivity contribution in [3.8, 4) is 34.0 Å². The SMILES string of the molecule is Cn1cc(-c2cc(O)c(-c3ccc(O[C@H]4CCCC[C@H]4F)nn3)c(F)c2)cn1. The van der Waals surface area contributed by atoms with Gasteiger partial charge in [0.15, 0.2) is 0 Å². The molecule has 2 aromatic heterocycles. The Balaban J connectivity index is 1.57. The maximum atomic E-state index is 14.7. The molecule has 1 saturated carbocycles. The third-order valence-electron chi connectivity index (χ3n) is 4.90. The van der Waals surface area contributed by atoms with Gasteiger partial charge in [0.05, 0.1) is 17.5 Å². The van der Waals surface area contributed by atoms with Crippen molar-refractivity contribution >= 4 is 0 Å². The van der Waals surface area contributed by atoms with Gasteiger partial charge >= 0.3 is 0 Å². The Hall–Kier alpha value is -3.03. The van der Waals surface area contributed by atoms with Crippen molar-refractivity contribution in [2.24, 2.45) is 7.05 Å². The van der Waals surface area contributed by atoms with Crippen LogP contribution in [0.5, 0.6) is 11.6 Å². The molecule has 0 bridgehead atoms. The molecule has 3 aromatic rings. The maximum Gasteiger partial charge on any atom is 0.233 e. The van der Waals surface area contributed by atoms with Crippen molar-refractivity contribution < 1.29 is 18.6 Å². The Morgan fingerprint density at radius 1 is 1.14 bits per heavy atom. The largest absolute Gasteiger partial charge is 0.507 e. The fourth-order valence-electron chi connectivity index (χ4n) is 3.44. The van der Waals surface area contributed by atoms with E-state index in [0.29, 0.717) is 24.0 Å². The van der Waals surface area contributed by atoms with Gasteiger partial charge in [0, 0.05) is 24.9 Å². The van der Waals surface area contributed by atoms with Crippen molar-refractivity contribution in [3.05, 3.63) is 42.5 Å². The fourth-order valence-corrected chi connectivity index (χ4v) is 3.44. The topological polar surface area (TPSA) is 73.1 Å². The van der Waals surface area contributed by atoms with Crippen LogP contribution in [0.2, 0.25) is 0 Å². The lowest BCUT2D eigenvalue weighted by atomic mass is 9.96. The molecule has 0 aliphatic heterocycles. The highest BCUT2D eigenvalue weighted by molar-refractivity contribution is 5.74. The smallest absolute Gasteiger partial charge is 0.233 e. The maximum absolute atomic E-state index is 14.7. The van der Waals surface area contributed by atoms with Crippen LogP contribution in [0.3, 0.4) is 0 Å². The van der Waals surface area contributed by atoms with Crippen molar-refractivity contribution in [3.63, 3.8) is 0 Å². The molecule has 6 nitrogen and oxygen atoms in total. The molecule has 2 atom stereocenters. The number of aromatic hydroxyl groups is 1. The van der Waals surface area contributed by atoms with Crippen LogP contribution in [0.25, 0.3) is 22.4 Å². The highest BCUT2D eigenvalue weighted by Crippen LogP contribution is 2.35. The number of nitrogens with zero attached hydrogens (tertiary/aromatic N) is 4. The van der Waals surface area contributed by atoms with Crippen molar-refractivity contribution in [1.82, 2.24) is 20.0 Å². The fraction of sp³-hybridized carbons (Fsp3) is 0.350. The summed E-state index contributed by atoms with van der Waals surface area (Å²) in [5, 5.41) is 22.3. The summed E-state index contributed by atoms with van der Waals surface area (Å²) in [6.45, 7) is 0. The molecular weight excluding hydrogens is 366 g/mol. The van der Waals surface area contributed by atoms with E-state index in [1.54, 1.807) is 24.1 Å². The normalized spacial score (nSPS) is 19.5. The minimum atomic E-state index is -1.02. The molecule has 0 saturated heterocycles. The van der Waals surface area contributed by atoms with Gasteiger partial charge in [0.1, 0.15) is 23.8 Å². The molecule has 1 aliphatic rings. The second kappa shape index (κ2) is 7.53. The monoisotopic (exact) mass is 386 g/mol. The molecule has 2 heterocycles. The van der Waals surface area contributed by atoms with Crippen LogP contribution in [0.15, 0.2) is 36.7 Å². The van der Waals surface area contributed by atoms with Gasteiger partial charge in [-0.3, -0.25) is 4.68 Å². The third kappa shape index (κ3) is 3.67. The van der Waals surface area contributed by atoms with Gasteiger partial charge in [-0.15, -0.1) is 10.2 Å². The number of halogens is 2. The van der Waals surface area contributed by atoms with Crippen LogP contribution in [0.1, 0.15) is 25.7 Å². The van der Waals surface area contributed by atoms with E-state index in [9.17, 15) is 13.9 Å². The van der Waals surface area contributed by atoms with Gasteiger partial charge in [-0.2, -0.15) is 5.10 Å². The van der Waals surface area contributed by atoms with Gasteiger partial charge < -0.3 is 9.84 Å². The summed E-state index contributed by atoms with van der Waals surface area (Å²) in [7, 11) is 1.76. The zero-order valence-corrected chi connectivity index (χ0v) is 15.3. The van der Waals surface area contributed by atoms with E-state index in [4.69, 9.17) is 4.74 Å². The van der Waals surface area contributed by atoms with Crippen LogP contribution < -0.4 is 4.74 Å². The van der Waals surface area contributed by atoms with E-state index < -0.39 is 18.1 Å². The van der Waals surface area contributed by atoms with E-state index >= 15 is 0 Å². The van der Waals surface area contributed by atoms with E-state index in [2.05, 4.69) is 15.3 Å². The van der Waals surface area contributed by atoms with Gasteiger partial charge in [-0.05, 0) is 43.0 Å². The zero-order valence-electron chi connectivity index (χ0n) is 15.3. The molecule has 1 N–H and O–H groups in total. The lowest BCUT2D eigenvalue weighted by Gasteiger charge is -2.25. The van der Waals surface area contributed by atoms with Crippen molar-refractivity contribution in [1.29, 1.82) is 0 Å². The molecule has 1 fully saturated rings. The van der Waals surface area contributed by atoms with Crippen LogP contribution in [0.4, 0.5) is 8.78 Å². The van der Waals surface area contributed by atoms with Crippen LogP contribution >= 0.6 is 0 Å². The first kappa shape index (κ1) is 18.3. The number of phenolic OH excluding ortho intramolecular Hbond substituents is 1. The molecule has 1 aliphatic carbocycles. The number of aromatic nitrogens is 4. The van der Waals surface area contributed by atoms with Crippen LogP contribution in [-0.2, 0) is 7.05 Å². The number of hydrogen-bond acceptors (Lipinski definition) is 5. The lowest BCUT2D eigenvalue weighted by Crippen LogP contribution is -2.32. The number of hydrogen-bond donors (Lipinski definition) is 1. The molecule has 0 unspecified atom stereocenters. The molecule has 0 spiro atoms. The Labute approximate surface area is 160 Å². The van der Waals surface area contributed by atoms with E-state index in [0.717, 1.165) is 12.8 Å². The summed E-state index contributed by atoms with van der Waals surface area (Å²) in [6.07, 6.45) is 4.66. The summed E-state index contributed by atoms with van der Waals surface area (Å²) in [4.78, 5) is 0. The molecule has 0 amide bonds. The number of alkyl halides is 1. The molecule has 1 aromatic carbocycles.